The molecule has 3 aromatic rings. The lowest BCUT2D eigenvalue weighted by Gasteiger charge is -2.32. The molecule has 2 atom stereocenters. The van der Waals surface area contributed by atoms with E-state index in [1.54, 1.807) is 12.1 Å². The van der Waals surface area contributed by atoms with Crippen molar-refractivity contribution in [3.63, 3.8) is 0 Å². The van der Waals surface area contributed by atoms with E-state index in [4.69, 9.17) is 13.9 Å². The molecule has 1 amide bonds. The van der Waals surface area contributed by atoms with Gasteiger partial charge in [0.1, 0.15) is 6.61 Å². The van der Waals surface area contributed by atoms with Gasteiger partial charge in [-0.1, -0.05) is 23.7 Å². The maximum absolute atomic E-state index is 13.0. The largest absolute Gasteiger partial charge is 0.485 e. The number of para-hydroxylation sites is 2. The van der Waals surface area contributed by atoms with Crippen LogP contribution in [0.1, 0.15) is 48.5 Å². The molecule has 1 N–H and O–H groups in total. The number of sulfonamides is 1. The Kier molecular flexibility index (Phi) is 5.96. The molecule has 0 aliphatic carbocycles. The summed E-state index contributed by atoms with van der Waals surface area (Å²) in [6.07, 6.45) is 2.11. The molecular formula is C23H24N4O6S. The number of hydrogen-bond donors (Lipinski definition) is 1. The Morgan fingerprint density at radius 3 is 2.59 bits per heavy atom. The van der Waals surface area contributed by atoms with Crippen molar-refractivity contribution in [2.75, 3.05) is 18.5 Å². The first-order valence-corrected chi connectivity index (χ1v) is 12.5. The monoisotopic (exact) mass is 484 g/mol. The number of carbonyl (C=O) groups excluding carboxylic acids is 1. The molecule has 0 radical (unpaired) electrons. The summed E-state index contributed by atoms with van der Waals surface area (Å²) in [5.74, 6) is 0.863. The van der Waals surface area contributed by atoms with Gasteiger partial charge in [0.15, 0.2) is 11.5 Å². The number of nitrogens with one attached hydrogen (secondary N) is 1. The second-order valence-corrected chi connectivity index (χ2v) is 10.1. The number of benzene rings is 2. The number of aromatic nitrogens is 2. The van der Waals surface area contributed by atoms with Crippen molar-refractivity contribution in [1.29, 1.82) is 0 Å². The molecule has 2 aliphatic rings. The van der Waals surface area contributed by atoms with Gasteiger partial charge in [-0.15, -0.1) is 5.10 Å². The lowest BCUT2D eigenvalue weighted by Crippen LogP contribution is -2.41. The van der Waals surface area contributed by atoms with E-state index in [0.29, 0.717) is 18.0 Å². The Labute approximate surface area is 196 Å². The van der Waals surface area contributed by atoms with E-state index in [-0.39, 0.29) is 35.0 Å². The van der Waals surface area contributed by atoms with Crippen molar-refractivity contribution in [3.8, 4) is 11.5 Å². The maximum Gasteiger partial charge on any atom is 0.322 e. The minimum atomic E-state index is -3.61. The highest BCUT2D eigenvalue weighted by molar-refractivity contribution is 7.89. The number of rotatable bonds is 5. The lowest BCUT2D eigenvalue weighted by molar-refractivity contribution is 0.0716. The third kappa shape index (κ3) is 4.36. The molecule has 0 bridgehead atoms. The van der Waals surface area contributed by atoms with Crippen molar-refractivity contribution in [3.05, 3.63) is 60.0 Å². The van der Waals surface area contributed by atoms with Gasteiger partial charge in [-0.05, 0) is 56.2 Å². The molecule has 0 spiro atoms. The lowest BCUT2D eigenvalue weighted by atomic mass is 10.1. The standard InChI is InChI=1S/C23H24N4O6S/c1-15-6-4-5-13-27(15)34(29,30)17-11-9-16(10-12-17)21(28)24-23-26-25-22(33-23)20-14-31-18-7-2-3-8-19(18)32-20/h2-3,7-12,15,20H,4-6,13-14H2,1H3,(H,24,26,28)/t15-,20+/m0/s1. The van der Waals surface area contributed by atoms with E-state index < -0.39 is 22.0 Å². The molecule has 0 saturated carbocycles. The van der Waals surface area contributed by atoms with Gasteiger partial charge in [-0.3, -0.25) is 10.1 Å². The topological polar surface area (TPSA) is 124 Å². The molecule has 10 nitrogen and oxygen atoms in total. The SMILES string of the molecule is C[C@H]1CCCCN1S(=O)(=O)c1ccc(C(=O)Nc2nnc([C@H]3COc4ccccc4O3)o2)cc1. The molecule has 5 rings (SSSR count). The molecule has 1 aromatic heterocycles. The van der Waals surface area contributed by atoms with Crippen LogP contribution in [0.25, 0.3) is 0 Å². The zero-order valence-electron chi connectivity index (χ0n) is 18.5. The van der Waals surface area contributed by atoms with Crippen LogP contribution in [0.5, 0.6) is 11.5 Å². The smallest absolute Gasteiger partial charge is 0.322 e. The number of anilines is 1. The molecule has 178 valence electrons. The third-order valence-corrected chi connectivity index (χ3v) is 7.94. The average molecular weight is 485 g/mol. The summed E-state index contributed by atoms with van der Waals surface area (Å²) in [6, 6.07) is 12.9. The molecule has 0 unspecified atom stereocenters. The van der Waals surface area contributed by atoms with Gasteiger partial charge in [-0.2, -0.15) is 4.31 Å². The van der Waals surface area contributed by atoms with Gasteiger partial charge in [0.25, 0.3) is 11.8 Å². The Balaban J connectivity index is 1.24. The van der Waals surface area contributed by atoms with Gasteiger partial charge < -0.3 is 13.9 Å². The fourth-order valence-corrected chi connectivity index (χ4v) is 5.77. The van der Waals surface area contributed by atoms with Crippen LogP contribution in [0.3, 0.4) is 0 Å². The summed E-state index contributed by atoms with van der Waals surface area (Å²) in [5.41, 5.74) is 0.261. The summed E-state index contributed by atoms with van der Waals surface area (Å²) in [5, 5.41) is 10.3. The van der Waals surface area contributed by atoms with E-state index in [1.165, 1.54) is 28.6 Å². The minimum Gasteiger partial charge on any atom is -0.485 e. The normalized spacial score (nSPS) is 20.6. The zero-order valence-corrected chi connectivity index (χ0v) is 19.3. The van der Waals surface area contributed by atoms with E-state index >= 15 is 0 Å². The molecule has 34 heavy (non-hydrogen) atoms. The fraction of sp³-hybridized carbons (Fsp3) is 0.348. The van der Waals surface area contributed by atoms with Crippen LogP contribution in [0.15, 0.2) is 57.8 Å². The summed E-state index contributed by atoms with van der Waals surface area (Å²) >= 11 is 0. The van der Waals surface area contributed by atoms with Gasteiger partial charge in [0.05, 0.1) is 4.90 Å². The third-order valence-electron chi connectivity index (χ3n) is 5.91. The first-order chi connectivity index (χ1) is 16.4. The van der Waals surface area contributed by atoms with Crippen LogP contribution < -0.4 is 14.8 Å². The molecular weight excluding hydrogens is 460 g/mol. The predicted octanol–water partition coefficient (Wildman–Crippen LogP) is 3.40. The maximum atomic E-state index is 13.0. The zero-order chi connectivity index (χ0) is 23.7. The molecule has 1 saturated heterocycles. The first-order valence-electron chi connectivity index (χ1n) is 11.1. The molecule has 2 aromatic carbocycles. The highest BCUT2D eigenvalue weighted by atomic mass is 32.2. The molecule has 1 fully saturated rings. The number of nitrogens with zero attached hydrogens (tertiary/aromatic N) is 3. The second-order valence-electron chi connectivity index (χ2n) is 8.25. The van der Waals surface area contributed by atoms with Gasteiger partial charge in [-0.25, -0.2) is 8.42 Å². The van der Waals surface area contributed by atoms with Crippen molar-refractivity contribution in [2.24, 2.45) is 0 Å². The number of fused-ring (bicyclic) bond motifs is 1. The number of ether oxygens (including phenoxy) is 2. The number of hydrogen-bond acceptors (Lipinski definition) is 8. The van der Waals surface area contributed by atoms with Crippen LogP contribution in [0.4, 0.5) is 6.01 Å². The van der Waals surface area contributed by atoms with Crippen LogP contribution in [-0.4, -0.2) is 48.0 Å². The van der Waals surface area contributed by atoms with Crippen molar-refractivity contribution < 1.29 is 27.1 Å². The molecule has 2 aliphatic heterocycles. The summed E-state index contributed by atoms with van der Waals surface area (Å²) in [4.78, 5) is 12.8. The average Bonchev–Trinajstić information content (AvgIpc) is 3.32. The van der Waals surface area contributed by atoms with Crippen LogP contribution in [0.2, 0.25) is 0 Å². The predicted molar refractivity (Wildman–Crippen MR) is 121 cm³/mol. The van der Waals surface area contributed by atoms with Crippen LogP contribution in [-0.2, 0) is 10.0 Å². The van der Waals surface area contributed by atoms with Gasteiger partial charge in [0, 0.05) is 18.2 Å². The number of carbonyl (C=O) groups is 1. The first kappa shape index (κ1) is 22.4. The summed E-state index contributed by atoms with van der Waals surface area (Å²) in [7, 11) is -3.61. The quantitative estimate of drug-likeness (QED) is 0.584. The molecule has 11 heteroatoms. The Bertz CT molecular complexity index is 1290. The van der Waals surface area contributed by atoms with E-state index in [9.17, 15) is 13.2 Å². The highest BCUT2D eigenvalue weighted by Crippen LogP contribution is 2.35. The Morgan fingerprint density at radius 1 is 1.06 bits per heavy atom. The summed E-state index contributed by atoms with van der Waals surface area (Å²) < 4.78 is 44.5. The highest BCUT2D eigenvalue weighted by Gasteiger charge is 2.31. The Morgan fingerprint density at radius 2 is 1.82 bits per heavy atom. The van der Waals surface area contributed by atoms with Crippen molar-refractivity contribution in [1.82, 2.24) is 14.5 Å². The van der Waals surface area contributed by atoms with E-state index in [2.05, 4.69) is 15.5 Å². The van der Waals surface area contributed by atoms with Crippen molar-refractivity contribution >= 4 is 21.9 Å². The minimum absolute atomic E-state index is 0.0412. The van der Waals surface area contributed by atoms with Crippen molar-refractivity contribution in [2.45, 2.75) is 43.2 Å². The van der Waals surface area contributed by atoms with E-state index in [1.807, 2.05) is 19.1 Å². The van der Waals surface area contributed by atoms with Crippen LogP contribution in [0, 0.1) is 0 Å². The molecule has 3 heterocycles. The summed E-state index contributed by atoms with van der Waals surface area (Å²) in [6.45, 7) is 2.62. The number of amides is 1. The fourth-order valence-electron chi connectivity index (χ4n) is 4.07. The second kappa shape index (κ2) is 9.07. The number of piperidine rings is 1. The Hall–Kier alpha value is -3.44. The van der Waals surface area contributed by atoms with Gasteiger partial charge in [0.2, 0.25) is 16.1 Å². The van der Waals surface area contributed by atoms with Gasteiger partial charge >= 0.3 is 6.01 Å². The van der Waals surface area contributed by atoms with Crippen LogP contribution >= 0.6 is 0 Å². The van der Waals surface area contributed by atoms with E-state index in [0.717, 1.165) is 19.3 Å².